The van der Waals surface area contributed by atoms with Gasteiger partial charge in [0, 0.05) is 37.5 Å². The molecule has 2 aliphatic rings. The van der Waals surface area contributed by atoms with Gasteiger partial charge < -0.3 is 15.2 Å². The number of amides is 1. The van der Waals surface area contributed by atoms with Crippen LogP contribution in [0.1, 0.15) is 68.7 Å². The van der Waals surface area contributed by atoms with Crippen molar-refractivity contribution in [2.24, 2.45) is 11.8 Å². The summed E-state index contributed by atoms with van der Waals surface area (Å²) in [6.07, 6.45) is 5.35. The minimum Gasteiger partial charge on any atom is -0.491 e. The number of hydrogen-bond acceptors (Lipinski definition) is 4. The van der Waals surface area contributed by atoms with Crippen LogP contribution in [-0.4, -0.2) is 48.3 Å². The number of hydrogen-bond donors (Lipinski definition) is 2. The Bertz CT molecular complexity index is 692. The number of rotatable bonds is 8. The van der Waals surface area contributed by atoms with Crippen LogP contribution in [0, 0.1) is 25.7 Å². The summed E-state index contributed by atoms with van der Waals surface area (Å²) in [6.45, 7) is 11.4. The molecular weight excluding hydrogens is 364 g/mol. The minimum absolute atomic E-state index is 0.249. The lowest BCUT2D eigenvalue weighted by Gasteiger charge is -2.44. The molecule has 2 fully saturated rings. The summed E-state index contributed by atoms with van der Waals surface area (Å²) in [5.41, 5.74) is 3.73. The molecule has 0 spiro atoms. The SMILES string of the molecule is Cc1c(OC[C@@H](C)O)ccc(C(C)N2CC(CNC(=O)C3CCCCC3)C2)c1C. The maximum Gasteiger partial charge on any atom is 0.223 e. The molecule has 5 heteroatoms. The number of nitrogens with one attached hydrogen (secondary N) is 1. The fraction of sp³-hybridized carbons (Fsp3) is 0.708. The van der Waals surface area contributed by atoms with E-state index in [9.17, 15) is 9.90 Å². The summed E-state index contributed by atoms with van der Waals surface area (Å²) >= 11 is 0. The Morgan fingerprint density at radius 3 is 2.52 bits per heavy atom. The molecule has 2 atom stereocenters. The van der Waals surface area contributed by atoms with E-state index < -0.39 is 6.10 Å². The molecule has 1 heterocycles. The van der Waals surface area contributed by atoms with Gasteiger partial charge in [-0.15, -0.1) is 0 Å². The summed E-state index contributed by atoms with van der Waals surface area (Å²) in [5, 5.41) is 12.7. The maximum absolute atomic E-state index is 12.3. The summed E-state index contributed by atoms with van der Waals surface area (Å²) in [5.74, 6) is 1.93. The number of carbonyl (C=O) groups is 1. The molecule has 1 aliphatic heterocycles. The van der Waals surface area contributed by atoms with Crippen molar-refractivity contribution in [1.82, 2.24) is 10.2 Å². The van der Waals surface area contributed by atoms with Crippen LogP contribution in [0.15, 0.2) is 12.1 Å². The van der Waals surface area contributed by atoms with Crippen LogP contribution in [0.5, 0.6) is 5.75 Å². The standard InChI is InChI=1S/C24H38N2O3/c1-16(27)15-29-23-11-10-22(17(2)18(23)3)19(4)26-13-20(14-26)12-25-24(28)21-8-6-5-7-9-21/h10-11,16,19-21,27H,5-9,12-15H2,1-4H3,(H,25,28)/t16-,19?/m1/s1. The fourth-order valence-electron chi connectivity index (χ4n) is 4.64. The highest BCUT2D eigenvalue weighted by Crippen LogP contribution is 2.34. The number of nitrogens with zero attached hydrogens (tertiary/aromatic N) is 1. The third-order valence-corrected chi connectivity index (χ3v) is 6.78. The second kappa shape index (κ2) is 9.94. The van der Waals surface area contributed by atoms with Gasteiger partial charge in [-0.2, -0.15) is 0 Å². The highest BCUT2D eigenvalue weighted by Gasteiger charge is 2.32. The Kier molecular flexibility index (Phi) is 7.58. The Balaban J connectivity index is 1.47. The molecule has 1 saturated heterocycles. The number of aliphatic hydroxyl groups excluding tert-OH is 1. The van der Waals surface area contributed by atoms with Crippen molar-refractivity contribution in [1.29, 1.82) is 0 Å². The van der Waals surface area contributed by atoms with Gasteiger partial charge in [-0.25, -0.2) is 0 Å². The average molecular weight is 403 g/mol. The number of ether oxygens (including phenoxy) is 1. The van der Waals surface area contributed by atoms with Gasteiger partial charge in [0.1, 0.15) is 12.4 Å². The molecular formula is C24H38N2O3. The molecule has 1 aromatic rings. The second-order valence-electron chi connectivity index (χ2n) is 9.14. The van der Waals surface area contributed by atoms with Crippen molar-refractivity contribution in [2.45, 2.75) is 71.9 Å². The van der Waals surface area contributed by atoms with E-state index in [4.69, 9.17) is 4.74 Å². The van der Waals surface area contributed by atoms with Gasteiger partial charge in [-0.3, -0.25) is 9.69 Å². The van der Waals surface area contributed by atoms with E-state index >= 15 is 0 Å². The Morgan fingerprint density at radius 2 is 1.86 bits per heavy atom. The maximum atomic E-state index is 12.3. The van der Waals surface area contributed by atoms with Crippen LogP contribution in [0.2, 0.25) is 0 Å². The van der Waals surface area contributed by atoms with E-state index in [1.165, 1.54) is 30.4 Å². The largest absolute Gasteiger partial charge is 0.491 e. The predicted molar refractivity (Wildman–Crippen MR) is 116 cm³/mol. The summed E-state index contributed by atoms with van der Waals surface area (Å²) < 4.78 is 5.73. The van der Waals surface area contributed by atoms with Crippen LogP contribution in [0.4, 0.5) is 0 Å². The average Bonchev–Trinajstić information content (AvgIpc) is 2.68. The van der Waals surface area contributed by atoms with Crippen molar-refractivity contribution in [3.8, 4) is 5.75 Å². The van der Waals surface area contributed by atoms with Crippen LogP contribution < -0.4 is 10.1 Å². The molecule has 1 saturated carbocycles. The normalized spacial score (nSPS) is 20.7. The lowest BCUT2D eigenvalue weighted by molar-refractivity contribution is -0.126. The third kappa shape index (κ3) is 5.52. The van der Waals surface area contributed by atoms with E-state index in [1.807, 2.05) is 6.07 Å². The Morgan fingerprint density at radius 1 is 1.17 bits per heavy atom. The summed E-state index contributed by atoms with van der Waals surface area (Å²) in [7, 11) is 0. The monoisotopic (exact) mass is 402 g/mol. The van der Waals surface area contributed by atoms with Gasteiger partial charge in [0.2, 0.25) is 5.91 Å². The van der Waals surface area contributed by atoms with Crippen molar-refractivity contribution in [3.05, 3.63) is 28.8 Å². The van der Waals surface area contributed by atoms with E-state index in [1.54, 1.807) is 6.92 Å². The van der Waals surface area contributed by atoms with E-state index in [0.29, 0.717) is 18.6 Å². The molecule has 1 aromatic carbocycles. The van der Waals surface area contributed by atoms with Gasteiger partial charge in [-0.1, -0.05) is 25.3 Å². The number of aliphatic hydroxyl groups is 1. The molecule has 0 radical (unpaired) electrons. The second-order valence-corrected chi connectivity index (χ2v) is 9.14. The first-order valence-corrected chi connectivity index (χ1v) is 11.3. The molecule has 3 rings (SSSR count). The third-order valence-electron chi connectivity index (χ3n) is 6.78. The van der Waals surface area contributed by atoms with Gasteiger partial charge in [-0.05, 0) is 63.3 Å². The van der Waals surface area contributed by atoms with Crippen molar-refractivity contribution in [2.75, 3.05) is 26.2 Å². The smallest absolute Gasteiger partial charge is 0.223 e. The molecule has 0 aromatic heterocycles. The zero-order chi connectivity index (χ0) is 21.0. The number of likely N-dealkylation sites (tertiary alicyclic amines) is 1. The number of benzene rings is 1. The van der Waals surface area contributed by atoms with Gasteiger partial charge in [0.05, 0.1) is 6.10 Å². The summed E-state index contributed by atoms with van der Waals surface area (Å²) in [4.78, 5) is 14.8. The lowest BCUT2D eigenvalue weighted by atomic mass is 9.88. The molecule has 162 valence electrons. The van der Waals surface area contributed by atoms with Crippen molar-refractivity contribution < 1.29 is 14.6 Å². The van der Waals surface area contributed by atoms with Crippen molar-refractivity contribution >= 4 is 5.91 Å². The topological polar surface area (TPSA) is 61.8 Å². The molecule has 29 heavy (non-hydrogen) atoms. The molecule has 2 N–H and O–H groups in total. The highest BCUT2D eigenvalue weighted by molar-refractivity contribution is 5.78. The molecule has 1 unspecified atom stereocenters. The zero-order valence-corrected chi connectivity index (χ0v) is 18.5. The van der Waals surface area contributed by atoms with Crippen LogP contribution in [0.3, 0.4) is 0 Å². The predicted octanol–water partition coefficient (Wildman–Crippen LogP) is 3.75. The van der Waals surface area contributed by atoms with E-state index in [-0.39, 0.29) is 11.8 Å². The highest BCUT2D eigenvalue weighted by atomic mass is 16.5. The van der Waals surface area contributed by atoms with Gasteiger partial charge in [0.15, 0.2) is 0 Å². The van der Waals surface area contributed by atoms with Gasteiger partial charge >= 0.3 is 0 Å². The first-order chi connectivity index (χ1) is 13.9. The fourth-order valence-corrected chi connectivity index (χ4v) is 4.64. The minimum atomic E-state index is -0.468. The van der Waals surface area contributed by atoms with Crippen LogP contribution in [0.25, 0.3) is 0 Å². The first-order valence-electron chi connectivity index (χ1n) is 11.3. The van der Waals surface area contributed by atoms with E-state index in [2.05, 4.69) is 37.1 Å². The molecule has 1 amide bonds. The molecule has 0 bridgehead atoms. The van der Waals surface area contributed by atoms with Crippen LogP contribution >= 0.6 is 0 Å². The van der Waals surface area contributed by atoms with Crippen LogP contribution in [-0.2, 0) is 4.79 Å². The quantitative estimate of drug-likeness (QED) is 0.695. The van der Waals surface area contributed by atoms with Gasteiger partial charge in [0.25, 0.3) is 0 Å². The first kappa shape index (κ1) is 22.1. The zero-order valence-electron chi connectivity index (χ0n) is 18.5. The van der Waals surface area contributed by atoms with E-state index in [0.717, 1.165) is 43.8 Å². The summed E-state index contributed by atoms with van der Waals surface area (Å²) in [6, 6.07) is 4.53. The Hall–Kier alpha value is -1.59. The van der Waals surface area contributed by atoms with Crippen molar-refractivity contribution in [3.63, 3.8) is 0 Å². The lowest BCUT2D eigenvalue weighted by Crippen LogP contribution is -2.52. The molecule has 5 nitrogen and oxygen atoms in total. The Labute approximate surface area is 175 Å². The number of carbonyl (C=O) groups excluding carboxylic acids is 1. The molecule has 1 aliphatic carbocycles.